The second-order valence-electron chi connectivity index (χ2n) is 6.03. The number of nitrogens with one attached hydrogen (secondary N) is 1. The molecule has 2 aromatic rings. The molecule has 3 rings (SSSR count). The van der Waals surface area contributed by atoms with E-state index in [4.69, 9.17) is 0 Å². The molecule has 0 aliphatic carbocycles. The maximum absolute atomic E-state index is 14.0. The molecule has 1 N–H and O–H groups in total. The standard InChI is InChI=1S/C19H16F2N2O4/c1-27-19(26)11-6-7-13(20)15(8-11)22-18(25)12-9-17(24)23(10-12)16-5-3-2-4-14(16)21/h2-8,12H,9-10H2,1H3,(H,22,25)/t12-/m1/s1. The lowest BCUT2D eigenvalue weighted by Crippen LogP contribution is -2.29. The predicted molar refractivity (Wildman–Crippen MR) is 93.2 cm³/mol. The summed E-state index contributed by atoms with van der Waals surface area (Å²) in [7, 11) is 1.19. The molecule has 2 aromatic carbocycles. The number of hydrogen-bond acceptors (Lipinski definition) is 4. The lowest BCUT2D eigenvalue weighted by Gasteiger charge is -2.17. The number of benzene rings is 2. The van der Waals surface area contributed by atoms with Crippen LogP contribution in [-0.4, -0.2) is 31.4 Å². The average molecular weight is 374 g/mol. The molecular formula is C19H16F2N2O4. The van der Waals surface area contributed by atoms with Crippen LogP contribution in [-0.2, 0) is 14.3 Å². The number of ether oxygens (including phenoxy) is 1. The van der Waals surface area contributed by atoms with Gasteiger partial charge in [-0.2, -0.15) is 0 Å². The summed E-state index contributed by atoms with van der Waals surface area (Å²) < 4.78 is 32.4. The third-order valence-corrected chi connectivity index (χ3v) is 4.28. The summed E-state index contributed by atoms with van der Waals surface area (Å²) in [5.74, 6) is -3.74. The van der Waals surface area contributed by atoms with Crippen LogP contribution in [0.2, 0.25) is 0 Å². The Balaban J connectivity index is 1.75. The van der Waals surface area contributed by atoms with Crippen LogP contribution in [0.3, 0.4) is 0 Å². The van der Waals surface area contributed by atoms with Crippen LogP contribution in [0.4, 0.5) is 20.2 Å². The summed E-state index contributed by atoms with van der Waals surface area (Å²) in [5.41, 5.74) is -0.0268. The first-order valence-electron chi connectivity index (χ1n) is 8.14. The van der Waals surface area contributed by atoms with Crippen molar-refractivity contribution in [3.05, 3.63) is 59.7 Å². The van der Waals surface area contributed by atoms with Gasteiger partial charge in [0, 0.05) is 13.0 Å². The highest BCUT2D eigenvalue weighted by Crippen LogP contribution is 2.28. The van der Waals surface area contributed by atoms with Crippen LogP contribution in [0, 0.1) is 17.6 Å². The minimum atomic E-state index is -0.779. The zero-order valence-electron chi connectivity index (χ0n) is 14.4. The number of esters is 1. The van der Waals surface area contributed by atoms with Gasteiger partial charge in [0.15, 0.2) is 0 Å². The minimum absolute atomic E-state index is 0.0239. The van der Waals surface area contributed by atoms with Crippen molar-refractivity contribution in [3.63, 3.8) is 0 Å². The van der Waals surface area contributed by atoms with Crippen LogP contribution >= 0.6 is 0 Å². The quantitative estimate of drug-likeness (QED) is 0.835. The third kappa shape index (κ3) is 3.79. The van der Waals surface area contributed by atoms with E-state index in [-0.39, 0.29) is 29.9 Å². The summed E-state index contributed by atoms with van der Waals surface area (Å²) in [5, 5.41) is 2.38. The molecule has 0 aromatic heterocycles. The van der Waals surface area contributed by atoms with E-state index in [0.717, 1.165) is 12.1 Å². The zero-order valence-corrected chi connectivity index (χ0v) is 14.4. The van der Waals surface area contributed by atoms with Gasteiger partial charge in [-0.05, 0) is 30.3 Å². The largest absolute Gasteiger partial charge is 0.465 e. The first-order valence-corrected chi connectivity index (χ1v) is 8.14. The van der Waals surface area contributed by atoms with E-state index >= 15 is 0 Å². The summed E-state index contributed by atoms with van der Waals surface area (Å²) in [6.45, 7) is -0.0239. The van der Waals surface area contributed by atoms with Crippen LogP contribution in [0.25, 0.3) is 0 Å². The number of hydrogen-bond donors (Lipinski definition) is 1. The molecule has 1 saturated heterocycles. The van der Waals surface area contributed by atoms with Gasteiger partial charge in [0.05, 0.1) is 30.0 Å². The van der Waals surface area contributed by atoms with Crippen molar-refractivity contribution in [1.29, 1.82) is 0 Å². The van der Waals surface area contributed by atoms with Crippen molar-refractivity contribution in [2.75, 3.05) is 23.9 Å². The molecule has 1 aliphatic rings. The Kier molecular flexibility index (Phi) is 5.16. The Labute approximate surface area is 153 Å². The predicted octanol–water partition coefficient (Wildman–Crippen LogP) is 2.74. The highest BCUT2D eigenvalue weighted by atomic mass is 19.1. The second-order valence-corrected chi connectivity index (χ2v) is 6.03. The first kappa shape index (κ1) is 18.5. The van der Waals surface area contributed by atoms with Crippen molar-refractivity contribution < 1.29 is 27.9 Å². The van der Waals surface area contributed by atoms with E-state index in [9.17, 15) is 23.2 Å². The number of carbonyl (C=O) groups excluding carboxylic acids is 3. The topological polar surface area (TPSA) is 75.7 Å². The molecule has 0 saturated carbocycles. The van der Waals surface area contributed by atoms with Gasteiger partial charge in [-0.3, -0.25) is 9.59 Å². The minimum Gasteiger partial charge on any atom is -0.465 e. The fourth-order valence-corrected chi connectivity index (χ4v) is 2.89. The highest BCUT2D eigenvalue weighted by molar-refractivity contribution is 6.04. The number of methoxy groups -OCH3 is 1. The Bertz CT molecular complexity index is 916. The molecule has 0 spiro atoms. The molecule has 1 fully saturated rings. The van der Waals surface area contributed by atoms with Crippen LogP contribution in [0.15, 0.2) is 42.5 Å². The molecular weight excluding hydrogens is 358 g/mol. The molecule has 0 bridgehead atoms. The third-order valence-electron chi connectivity index (χ3n) is 4.28. The van der Waals surface area contributed by atoms with Gasteiger partial charge >= 0.3 is 5.97 Å². The molecule has 2 amide bonds. The van der Waals surface area contributed by atoms with Gasteiger partial charge in [-0.15, -0.1) is 0 Å². The maximum atomic E-state index is 14.0. The van der Waals surface area contributed by atoms with Gasteiger partial charge < -0.3 is 15.0 Å². The number of halogens is 2. The molecule has 140 valence electrons. The summed E-state index contributed by atoms with van der Waals surface area (Å²) in [6.07, 6.45) is -0.127. The molecule has 1 atom stereocenters. The number of amides is 2. The number of carbonyl (C=O) groups is 3. The van der Waals surface area contributed by atoms with E-state index in [1.54, 1.807) is 6.07 Å². The Morgan fingerprint density at radius 2 is 1.89 bits per heavy atom. The number of anilines is 2. The Morgan fingerprint density at radius 3 is 2.59 bits per heavy atom. The molecule has 6 nitrogen and oxygen atoms in total. The van der Waals surface area contributed by atoms with Gasteiger partial charge in [0.1, 0.15) is 11.6 Å². The van der Waals surface area contributed by atoms with Crippen LogP contribution < -0.4 is 10.2 Å². The number of nitrogens with zero attached hydrogens (tertiary/aromatic N) is 1. The summed E-state index contributed by atoms with van der Waals surface area (Å²) >= 11 is 0. The monoisotopic (exact) mass is 374 g/mol. The fraction of sp³-hybridized carbons (Fsp3) is 0.211. The molecule has 0 radical (unpaired) electrons. The molecule has 27 heavy (non-hydrogen) atoms. The molecule has 1 aliphatic heterocycles. The van der Waals surface area contributed by atoms with Gasteiger partial charge in [-0.1, -0.05) is 12.1 Å². The van der Waals surface area contributed by atoms with E-state index in [1.165, 1.54) is 36.3 Å². The van der Waals surface area contributed by atoms with E-state index in [0.29, 0.717) is 0 Å². The number of rotatable bonds is 4. The molecule has 0 unspecified atom stereocenters. The average Bonchev–Trinajstić information content (AvgIpc) is 3.05. The zero-order chi connectivity index (χ0) is 19.6. The van der Waals surface area contributed by atoms with Crippen molar-refractivity contribution in [2.24, 2.45) is 5.92 Å². The number of para-hydroxylation sites is 1. The van der Waals surface area contributed by atoms with Crippen LogP contribution in [0.5, 0.6) is 0 Å². The lowest BCUT2D eigenvalue weighted by molar-refractivity contribution is -0.122. The molecule has 1 heterocycles. The lowest BCUT2D eigenvalue weighted by atomic mass is 10.1. The summed E-state index contributed by atoms with van der Waals surface area (Å²) in [6, 6.07) is 9.19. The smallest absolute Gasteiger partial charge is 0.337 e. The van der Waals surface area contributed by atoms with Gasteiger partial charge in [-0.25, -0.2) is 13.6 Å². The Hall–Kier alpha value is -3.29. The van der Waals surface area contributed by atoms with Crippen molar-refractivity contribution in [3.8, 4) is 0 Å². The van der Waals surface area contributed by atoms with Crippen molar-refractivity contribution in [2.45, 2.75) is 6.42 Å². The van der Waals surface area contributed by atoms with Crippen LogP contribution in [0.1, 0.15) is 16.8 Å². The van der Waals surface area contributed by atoms with Crippen molar-refractivity contribution >= 4 is 29.2 Å². The van der Waals surface area contributed by atoms with E-state index in [1.807, 2.05) is 0 Å². The molecule has 8 heteroatoms. The van der Waals surface area contributed by atoms with E-state index in [2.05, 4.69) is 10.1 Å². The Morgan fingerprint density at radius 1 is 1.15 bits per heavy atom. The van der Waals surface area contributed by atoms with Gasteiger partial charge in [0.25, 0.3) is 0 Å². The van der Waals surface area contributed by atoms with Gasteiger partial charge in [0.2, 0.25) is 11.8 Å². The highest BCUT2D eigenvalue weighted by Gasteiger charge is 2.36. The fourth-order valence-electron chi connectivity index (χ4n) is 2.89. The van der Waals surface area contributed by atoms with Crippen molar-refractivity contribution in [1.82, 2.24) is 0 Å². The van der Waals surface area contributed by atoms with E-state index < -0.39 is 35.3 Å². The maximum Gasteiger partial charge on any atom is 0.337 e. The second kappa shape index (κ2) is 7.53. The summed E-state index contributed by atoms with van der Waals surface area (Å²) in [4.78, 5) is 37.4. The first-order chi connectivity index (χ1) is 12.9. The SMILES string of the molecule is COC(=O)c1ccc(F)c(NC(=O)[C@@H]2CC(=O)N(c3ccccc3F)C2)c1. The normalized spacial score (nSPS) is 16.3.